The van der Waals surface area contributed by atoms with Crippen molar-refractivity contribution in [2.24, 2.45) is 23.5 Å². The minimum Gasteiger partial charge on any atom is -0.386 e. The number of nitrogens with one attached hydrogen (secondary N) is 1. The van der Waals surface area contributed by atoms with E-state index < -0.39 is 36.3 Å². The molecule has 1 aromatic rings. The van der Waals surface area contributed by atoms with Crippen LogP contribution < -0.4 is 11.1 Å². The van der Waals surface area contributed by atoms with E-state index in [0.29, 0.717) is 13.0 Å². The molecule has 0 saturated carbocycles. The fourth-order valence-electron chi connectivity index (χ4n) is 6.20. The van der Waals surface area contributed by atoms with Crippen LogP contribution in [0.2, 0.25) is 0 Å². The first-order valence-corrected chi connectivity index (χ1v) is 15.7. The third-order valence-electron chi connectivity index (χ3n) is 9.25. The van der Waals surface area contributed by atoms with Gasteiger partial charge in [0.15, 0.2) is 0 Å². The zero-order chi connectivity index (χ0) is 32.4. The Morgan fingerprint density at radius 3 is 2.26 bits per heavy atom. The zero-order valence-corrected chi connectivity index (χ0v) is 27.7. The highest BCUT2D eigenvalue weighted by Gasteiger charge is 2.42. The molecular formula is C33H56N4O6. The van der Waals surface area contributed by atoms with E-state index in [1.165, 1.54) is 0 Å². The third kappa shape index (κ3) is 9.23. The standard InChI is InChI=1S/C33H56N4O6/c1-10-21(4)29(36(7)33(41)28(34)20(2)3)26(42-8)19-27(38)37-18-14-17-25(37)31(43-9)22(5)32(40)35-23(6)30(39)24-15-12-11-13-16-24/h11-13,15-16,20-23,25-26,28-31,39H,10,14,17-19,34H2,1-9H3,(H,35,40)/t21-,22+,23+,25-,26?,28-,29-,30?,31+/m0/s1. The van der Waals surface area contributed by atoms with Crippen molar-refractivity contribution >= 4 is 17.7 Å². The molecule has 4 N–H and O–H groups in total. The van der Waals surface area contributed by atoms with E-state index >= 15 is 0 Å². The number of carbonyl (C=O) groups excluding carboxylic acids is 3. The van der Waals surface area contributed by atoms with Crippen molar-refractivity contribution < 1.29 is 29.0 Å². The molecule has 1 aromatic carbocycles. The second kappa shape index (κ2) is 17.1. The van der Waals surface area contributed by atoms with Crippen LogP contribution >= 0.6 is 0 Å². The first-order valence-electron chi connectivity index (χ1n) is 15.7. The highest BCUT2D eigenvalue weighted by molar-refractivity contribution is 5.83. The summed E-state index contributed by atoms with van der Waals surface area (Å²) in [5.74, 6) is -1.03. The molecule has 1 fully saturated rings. The van der Waals surface area contributed by atoms with E-state index in [2.05, 4.69) is 19.2 Å². The Hall–Kier alpha value is -2.53. The average Bonchev–Trinajstić information content (AvgIpc) is 3.49. The number of ether oxygens (including phenoxy) is 2. The molecule has 10 heteroatoms. The van der Waals surface area contributed by atoms with Gasteiger partial charge >= 0.3 is 0 Å². The van der Waals surface area contributed by atoms with Gasteiger partial charge in [0.25, 0.3) is 0 Å². The van der Waals surface area contributed by atoms with Gasteiger partial charge in [0.2, 0.25) is 17.7 Å². The van der Waals surface area contributed by atoms with Gasteiger partial charge in [0, 0.05) is 27.8 Å². The summed E-state index contributed by atoms with van der Waals surface area (Å²) in [6, 6.07) is 7.43. The number of nitrogens with zero attached hydrogens (tertiary/aromatic N) is 2. The van der Waals surface area contributed by atoms with Crippen LogP contribution in [-0.2, 0) is 23.9 Å². The molecule has 3 amide bonds. The molecule has 1 aliphatic rings. The maximum Gasteiger partial charge on any atom is 0.239 e. The van der Waals surface area contributed by atoms with Gasteiger partial charge in [0.1, 0.15) is 0 Å². The first-order chi connectivity index (χ1) is 20.3. The van der Waals surface area contributed by atoms with E-state index in [4.69, 9.17) is 15.2 Å². The molecular weight excluding hydrogens is 548 g/mol. The Balaban J connectivity index is 2.17. The van der Waals surface area contributed by atoms with Crippen molar-refractivity contribution in [1.82, 2.24) is 15.1 Å². The molecule has 0 aliphatic carbocycles. The molecule has 2 rings (SSSR count). The molecule has 0 aromatic heterocycles. The molecule has 244 valence electrons. The summed E-state index contributed by atoms with van der Waals surface area (Å²) < 4.78 is 11.7. The fourth-order valence-corrected chi connectivity index (χ4v) is 6.20. The molecule has 0 radical (unpaired) electrons. The van der Waals surface area contributed by atoms with Crippen LogP contribution in [0.4, 0.5) is 0 Å². The highest BCUT2D eigenvalue weighted by atomic mass is 16.5. The maximum atomic E-state index is 13.8. The normalized spacial score (nSPS) is 20.9. The van der Waals surface area contributed by atoms with E-state index in [9.17, 15) is 19.5 Å². The summed E-state index contributed by atoms with van der Waals surface area (Å²) in [6.07, 6.45) is 0.474. The van der Waals surface area contributed by atoms with E-state index in [1.807, 2.05) is 49.1 Å². The Kier molecular flexibility index (Phi) is 14.6. The van der Waals surface area contributed by atoms with Gasteiger partial charge < -0.3 is 35.4 Å². The van der Waals surface area contributed by atoms with Gasteiger partial charge in [-0.05, 0) is 37.2 Å². The number of rotatable bonds is 16. The minimum atomic E-state index is -0.854. The number of benzene rings is 1. The Bertz CT molecular complexity index is 1020. The SMILES string of the molecule is CC[C@H](C)[C@@H](C(CC(=O)N1CCC[C@H]1[C@H](OC)[C@@H](C)C(=O)N[C@H](C)C(O)c1ccccc1)OC)N(C)C(=O)[C@@H](N)C(C)C. The topological polar surface area (TPSA) is 134 Å². The number of methoxy groups -OCH3 is 2. The fraction of sp³-hybridized carbons (Fsp3) is 0.727. The van der Waals surface area contributed by atoms with Crippen molar-refractivity contribution in [3.63, 3.8) is 0 Å². The lowest BCUT2D eigenvalue weighted by molar-refractivity contribution is -0.146. The quantitative estimate of drug-likeness (QED) is 0.264. The number of likely N-dealkylation sites (N-methyl/N-ethyl adjacent to an activating group) is 1. The van der Waals surface area contributed by atoms with Crippen molar-refractivity contribution in [3.05, 3.63) is 35.9 Å². The van der Waals surface area contributed by atoms with Gasteiger partial charge in [-0.15, -0.1) is 0 Å². The molecule has 1 saturated heterocycles. The lowest BCUT2D eigenvalue weighted by atomic mass is 9.89. The molecule has 0 spiro atoms. The second-order valence-corrected chi connectivity index (χ2v) is 12.5. The molecule has 43 heavy (non-hydrogen) atoms. The van der Waals surface area contributed by atoms with Crippen LogP contribution in [0.5, 0.6) is 0 Å². The van der Waals surface area contributed by atoms with Crippen LogP contribution in [0.1, 0.15) is 78.9 Å². The number of carbonyl (C=O) groups is 3. The highest BCUT2D eigenvalue weighted by Crippen LogP contribution is 2.30. The predicted octanol–water partition coefficient (Wildman–Crippen LogP) is 3.13. The number of hydrogen-bond donors (Lipinski definition) is 3. The largest absolute Gasteiger partial charge is 0.386 e. The lowest BCUT2D eigenvalue weighted by Crippen LogP contribution is -2.56. The van der Waals surface area contributed by atoms with Crippen molar-refractivity contribution in [2.75, 3.05) is 27.8 Å². The Labute approximate surface area is 258 Å². The third-order valence-corrected chi connectivity index (χ3v) is 9.25. The number of nitrogens with two attached hydrogens (primary N) is 1. The number of amides is 3. The summed E-state index contributed by atoms with van der Waals surface area (Å²) in [5, 5.41) is 13.7. The second-order valence-electron chi connectivity index (χ2n) is 12.5. The lowest BCUT2D eigenvalue weighted by Gasteiger charge is -2.40. The smallest absolute Gasteiger partial charge is 0.239 e. The minimum absolute atomic E-state index is 0.0183. The Morgan fingerprint density at radius 1 is 1.09 bits per heavy atom. The van der Waals surface area contributed by atoms with Crippen LogP contribution in [0.15, 0.2) is 30.3 Å². The number of hydrogen-bond acceptors (Lipinski definition) is 7. The van der Waals surface area contributed by atoms with E-state index in [0.717, 1.165) is 18.4 Å². The molecule has 0 bridgehead atoms. The van der Waals surface area contributed by atoms with Crippen molar-refractivity contribution in [3.8, 4) is 0 Å². The number of likely N-dealkylation sites (tertiary alicyclic amines) is 1. The Morgan fingerprint density at radius 2 is 1.72 bits per heavy atom. The average molecular weight is 605 g/mol. The summed E-state index contributed by atoms with van der Waals surface area (Å²) in [5.41, 5.74) is 6.93. The summed E-state index contributed by atoms with van der Waals surface area (Å²) >= 11 is 0. The van der Waals surface area contributed by atoms with Gasteiger partial charge in [-0.25, -0.2) is 0 Å². The van der Waals surface area contributed by atoms with E-state index in [-0.39, 0.29) is 48.1 Å². The van der Waals surface area contributed by atoms with Crippen LogP contribution in [-0.4, -0.2) is 96.8 Å². The first kappa shape index (κ1) is 36.7. The molecule has 1 aliphatic heterocycles. The van der Waals surface area contributed by atoms with Gasteiger partial charge in [0.05, 0.1) is 54.8 Å². The summed E-state index contributed by atoms with van der Waals surface area (Å²) in [6.45, 7) is 12.1. The van der Waals surface area contributed by atoms with Gasteiger partial charge in [-0.2, -0.15) is 0 Å². The monoisotopic (exact) mass is 604 g/mol. The number of aliphatic hydroxyl groups is 1. The van der Waals surface area contributed by atoms with E-state index in [1.54, 1.807) is 40.0 Å². The maximum absolute atomic E-state index is 13.8. The zero-order valence-electron chi connectivity index (χ0n) is 27.7. The van der Waals surface area contributed by atoms with Gasteiger partial charge in [-0.1, -0.05) is 71.4 Å². The van der Waals surface area contributed by atoms with Crippen LogP contribution in [0.3, 0.4) is 0 Å². The summed E-state index contributed by atoms with van der Waals surface area (Å²) in [7, 11) is 4.88. The molecule has 9 atom stereocenters. The predicted molar refractivity (Wildman–Crippen MR) is 168 cm³/mol. The molecule has 2 unspecified atom stereocenters. The van der Waals surface area contributed by atoms with Crippen LogP contribution in [0, 0.1) is 17.8 Å². The van der Waals surface area contributed by atoms with Crippen LogP contribution in [0.25, 0.3) is 0 Å². The van der Waals surface area contributed by atoms with Crippen molar-refractivity contribution in [1.29, 1.82) is 0 Å². The molecule has 1 heterocycles. The molecule has 10 nitrogen and oxygen atoms in total. The number of aliphatic hydroxyl groups excluding tert-OH is 1. The van der Waals surface area contributed by atoms with Gasteiger partial charge in [-0.3, -0.25) is 14.4 Å². The van der Waals surface area contributed by atoms with Crippen molar-refractivity contribution in [2.45, 2.75) is 110 Å². The summed E-state index contributed by atoms with van der Waals surface area (Å²) in [4.78, 5) is 43.8.